The minimum atomic E-state index is 0.514. The molecule has 0 N–H and O–H groups in total. The zero-order valence-corrected chi connectivity index (χ0v) is 8.72. The lowest BCUT2D eigenvalue weighted by atomic mass is 10.1. The summed E-state index contributed by atoms with van der Waals surface area (Å²) in [6.45, 7) is 0. The van der Waals surface area contributed by atoms with Crippen molar-refractivity contribution in [2.75, 3.05) is 14.1 Å². The highest BCUT2D eigenvalue weighted by Crippen LogP contribution is 2.43. The fourth-order valence-corrected chi connectivity index (χ4v) is 1.62. The molecule has 2 nitrogen and oxygen atoms in total. The van der Waals surface area contributed by atoms with E-state index in [1.54, 1.807) is 0 Å². The van der Waals surface area contributed by atoms with Gasteiger partial charge in [-0.2, -0.15) is 0 Å². The van der Waals surface area contributed by atoms with E-state index in [0.29, 0.717) is 12.0 Å². The van der Waals surface area contributed by atoms with E-state index in [1.165, 1.54) is 12.0 Å². The van der Waals surface area contributed by atoms with Gasteiger partial charge in [-0.05, 0) is 12.0 Å². The van der Waals surface area contributed by atoms with Gasteiger partial charge in [-0.3, -0.25) is 4.99 Å². The molecular formula is C12H16N2. The maximum absolute atomic E-state index is 4.49. The Labute approximate surface area is 85.3 Å². The molecule has 0 spiro atoms. The van der Waals surface area contributed by atoms with Gasteiger partial charge in [0.05, 0.1) is 12.4 Å². The molecule has 1 aromatic rings. The highest BCUT2D eigenvalue weighted by molar-refractivity contribution is 5.55. The summed E-state index contributed by atoms with van der Waals surface area (Å²) in [6.07, 6.45) is 3.11. The van der Waals surface area contributed by atoms with Crippen LogP contribution < -0.4 is 0 Å². The van der Waals surface area contributed by atoms with Crippen molar-refractivity contribution < 1.29 is 0 Å². The van der Waals surface area contributed by atoms with E-state index in [0.717, 1.165) is 0 Å². The van der Waals surface area contributed by atoms with Crippen LogP contribution in [0.1, 0.15) is 17.9 Å². The topological polar surface area (TPSA) is 15.6 Å². The molecule has 1 aliphatic carbocycles. The highest BCUT2D eigenvalue weighted by Gasteiger charge is 2.37. The second-order valence-corrected chi connectivity index (χ2v) is 4.05. The lowest BCUT2D eigenvalue weighted by molar-refractivity contribution is 0.638. The van der Waals surface area contributed by atoms with Crippen molar-refractivity contribution in [2.24, 2.45) is 4.99 Å². The largest absolute Gasteiger partial charge is 0.369 e. The summed E-state index contributed by atoms with van der Waals surface area (Å²) in [5.41, 5.74) is 1.42. The molecule has 0 radical (unpaired) electrons. The molecule has 1 aromatic carbocycles. The Morgan fingerprint density at radius 2 is 2.00 bits per heavy atom. The van der Waals surface area contributed by atoms with Crippen LogP contribution in [0.5, 0.6) is 0 Å². The van der Waals surface area contributed by atoms with Gasteiger partial charge in [0.1, 0.15) is 0 Å². The van der Waals surface area contributed by atoms with Gasteiger partial charge in [0.2, 0.25) is 0 Å². The van der Waals surface area contributed by atoms with E-state index >= 15 is 0 Å². The maximum Gasteiger partial charge on any atom is 0.0848 e. The first-order chi connectivity index (χ1) is 6.77. The van der Waals surface area contributed by atoms with Gasteiger partial charge in [0.25, 0.3) is 0 Å². The highest BCUT2D eigenvalue weighted by atomic mass is 15.1. The van der Waals surface area contributed by atoms with Crippen LogP contribution >= 0.6 is 0 Å². The Balaban J connectivity index is 1.94. The second-order valence-electron chi connectivity index (χ2n) is 4.05. The molecule has 1 aliphatic rings. The lowest BCUT2D eigenvalue weighted by Crippen LogP contribution is -2.08. The van der Waals surface area contributed by atoms with E-state index in [1.807, 2.05) is 25.3 Å². The van der Waals surface area contributed by atoms with Gasteiger partial charge in [-0.1, -0.05) is 30.3 Å². The molecule has 74 valence electrons. The summed E-state index contributed by atoms with van der Waals surface area (Å²) >= 11 is 0. The van der Waals surface area contributed by atoms with Crippen molar-refractivity contribution >= 4 is 6.34 Å². The maximum atomic E-state index is 4.49. The molecule has 0 unspecified atom stereocenters. The summed E-state index contributed by atoms with van der Waals surface area (Å²) < 4.78 is 0. The molecule has 0 amide bonds. The zero-order valence-electron chi connectivity index (χ0n) is 8.72. The molecule has 0 aromatic heterocycles. The minimum Gasteiger partial charge on any atom is -0.369 e. The summed E-state index contributed by atoms with van der Waals surface area (Å²) in [5, 5.41) is 0. The quantitative estimate of drug-likeness (QED) is 0.524. The zero-order chi connectivity index (χ0) is 9.97. The molecule has 0 bridgehead atoms. The van der Waals surface area contributed by atoms with Crippen LogP contribution in [0.15, 0.2) is 35.3 Å². The van der Waals surface area contributed by atoms with E-state index in [9.17, 15) is 0 Å². The number of rotatable bonds is 3. The number of benzene rings is 1. The summed E-state index contributed by atoms with van der Waals surface area (Å²) in [4.78, 5) is 6.48. The van der Waals surface area contributed by atoms with Crippen molar-refractivity contribution in [1.29, 1.82) is 0 Å². The van der Waals surface area contributed by atoms with Gasteiger partial charge in [-0.25, -0.2) is 0 Å². The lowest BCUT2D eigenvalue weighted by Gasteiger charge is -2.01. The van der Waals surface area contributed by atoms with Crippen molar-refractivity contribution in [2.45, 2.75) is 18.4 Å². The Bertz CT molecular complexity index is 316. The standard InChI is InChI=1S/C12H16N2/c1-14(2)9-13-12-8-11(12)10-6-4-3-5-7-10/h3-7,9,11-12H,8H2,1-2H3/t11-,12+/m1/s1. The summed E-state index contributed by atoms with van der Waals surface area (Å²) in [5.74, 6) is 0.660. The predicted octanol–water partition coefficient (Wildman–Crippen LogP) is 2.13. The van der Waals surface area contributed by atoms with Crippen LogP contribution in [-0.4, -0.2) is 31.4 Å². The summed E-state index contributed by atoms with van der Waals surface area (Å²) in [6, 6.07) is 11.1. The molecule has 2 rings (SSSR count). The third-order valence-corrected chi connectivity index (χ3v) is 2.47. The molecule has 14 heavy (non-hydrogen) atoms. The van der Waals surface area contributed by atoms with E-state index in [-0.39, 0.29) is 0 Å². The van der Waals surface area contributed by atoms with E-state index in [2.05, 4.69) is 35.3 Å². The third-order valence-electron chi connectivity index (χ3n) is 2.47. The third kappa shape index (κ3) is 2.13. The van der Waals surface area contributed by atoms with E-state index in [4.69, 9.17) is 0 Å². The first kappa shape index (κ1) is 9.25. The van der Waals surface area contributed by atoms with Crippen molar-refractivity contribution in [3.63, 3.8) is 0 Å². The predicted molar refractivity (Wildman–Crippen MR) is 59.8 cm³/mol. The van der Waals surface area contributed by atoms with E-state index < -0.39 is 0 Å². The molecule has 2 heteroatoms. The molecular weight excluding hydrogens is 172 g/mol. The van der Waals surface area contributed by atoms with Crippen LogP contribution in [-0.2, 0) is 0 Å². The van der Waals surface area contributed by atoms with Crippen LogP contribution in [0, 0.1) is 0 Å². The Morgan fingerprint density at radius 1 is 1.29 bits per heavy atom. The number of hydrogen-bond acceptors (Lipinski definition) is 1. The Morgan fingerprint density at radius 3 is 2.64 bits per heavy atom. The molecule has 1 fully saturated rings. The number of aliphatic imine (C=N–C) groups is 1. The molecule has 0 aliphatic heterocycles. The van der Waals surface area contributed by atoms with Crippen LogP contribution in [0.25, 0.3) is 0 Å². The second kappa shape index (κ2) is 3.82. The van der Waals surface area contributed by atoms with Gasteiger partial charge in [-0.15, -0.1) is 0 Å². The fourth-order valence-electron chi connectivity index (χ4n) is 1.62. The molecule has 1 saturated carbocycles. The van der Waals surface area contributed by atoms with Gasteiger partial charge in [0, 0.05) is 20.0 Å². The average Bonchev–Trinajstić information content (AvgIpc) is 2.95. The van der Waals surface area contributed by atoms with Crippen molar-refractivity contribution in [3.8, 4) is 0 Å². The first-order valence-electron chi connectivity index (χ1n) is 5.02. The van der Waals surface area contributed by atoms with Crippen molar-refractivity contribution in [3.05, 3.63) is 35.9 Å². The Hall–Kier alpha value is -1.31. The van der Waals surface area contributed by atoms with Crippen molar-refractivity contribution in [1.82, 2.24) is 4.90 Å². The number of nitrogens with zero attached hydrogens (tertiary/aromatic N) is 2. The molecule has 0 heterocycles. The van der Waals surface area contributed by atoms with Crippen LogP contribution in [0.2, 0.25) is 0 Å². The normalized spacial score (nSPS) is 25.3. The fraction of sp³-hybridized carbons (Fsp3) is 0.417. The summed E-state index contributed by atoms with van der Waals surface area (Å²) in [7, 11) is 4.01. The van der Waals surface area contributed by atoms with Crippen LogP contribution in [0.4, 0.5) is 0 Å². The Kier molecular flexibility index (Phi) is 2.53. The van der Waals surface area contributed by atoms with Crippen LogP contribution in [0.3, 0.4) is 0 Å². The monoisotopic (exact) mass is 188 g/mol. The SMILES string of the molecule is CN(C)C=N[C@H]1C[C@@H]1c1ccccc1. The smallest absolute Gasteiger partial charge is 0.0848 e. The molecule has 0 saturated heterocycles. The molecule has 2 atom stereocenters. The first-order valence-corrected chi connectivity index (χ1v) is 5.02. The minimum absolute atomic E-state index is 0.514. The number of hydrogen-bond donors (Lipinski definition) is 0. The van der Waals surface area contributed by atoms with Gasteiger partial charge >= 0.3 is 0 Å². The van der Waals surface area contributed by atoms with Gasteiger partial charge < -0.3 is 4.90 Å². The van der Waals surface area contributed by atoms with Gasteiger partial charge in [0.15, 0.2) is 0 Å². The average molecular weight is 188 g/mol.